The number of fused-ring (bicyclic) bond motifs is 5. The highest BCUT2D eigenvalue weighted by molar-refractivity contribution is 6.30. The van der Waals surface area contributed by atoms with Gasteiger partial charge in [-0.3, -0.25) is 4.79 Å². The normalized spacial score (nSPS) is 11.3. The van der Waals surface area contributed by atoms with Crippen LogP contribution in [0.15, 0.2) is 97.1 Å². The highest BCUT2D eigenvalue weighted by atomic mass is 35.5. The molecule has 0 atom stereocenters. The van der Waals surface area contributed by atoms with Gasteiger partial charge in [0.05, 0.1) is 16.7 Å². The number of anilines is 1. The predicted molar refractivity (Wildman–Crippen MR) is 133 cm³/mol. The van der Waals surface area contributed by atoms with E-state index in [1.165, 1.54) is 0 Å². The quantitative estimate of drug-likeness (QED) is 0.331. The van der Waals surface area contributed by atoms with Crippen LogP contribution in [-0.4, -0.2) is 20.5 Å². The molecule has 0 aliphatic carbocycles. The Kier molecular flexibility index (Phi) is 4.56. The molecule has 33 heavy (non-hydrogen) atoms. The summed E-state index contributed by atoms with van der Waals surface area (Å²) < 4.78 is 1.87. The second-order valence-electron chi connectivity index (χ2n) is 7.77. The number of hydrogen-bond donors (Lipinski definition) is 1. The molecule has 0 bridgehead atoms. The number of benzene rings is 4. The summed E-state index contributed by atoms with van der Waals surface area (Å²) in [7, 11) is 0. The average molecular weight is 449 g/mol. The van der Waals surface area contributed by atoms with Crippen molar-refractivity contribution in [2.45, 2.75) is 0 Å². The van der Waals surface area contributed by atoms with Crippen molar-refractivity contribution in [3.63, 3.8) is 0 Å². The van der Waals surface area contributed by atoms with Gasteiger partial charge in [-0.15, -0.1) is 0 Å². The monoisotopic (exact) mass is 448 g/mol. The maximum atomic E-state index is 12.6. The molecule has 0 unspecified atom stereocenters. The largest absolute Gasteiger partial charge is 0.322 e. The molecule has 4 aromatic carbocycles. The molecule has 2 heterocycles. The number of nitrogens with zero attached hydrogens (tertiary/aromatic N) is 3. The number of imidazole rings is 1. The van der Waals surface area contributed by atoms with E-state index in [-0.39, 0.29) is 5.91 Å². The minimum atomic E-state index is -0.160. The van der Waals surface area contributed by atoms with Crippen LogP contribution in [0, 0.1) is 0 Å². The van der Waals surface area contributed by atoms with Crippen LogP contribution < -0.4 is 5.32 Å². The molecule has 6 heteroatoms. The molecule has 6 rings (SSSR count). The van der Waals surface area contributed by atoms with Gasteiger partial charge in [-0.2, -0.15) is 5.10 Å². The fourth-order valence-corrected chi connectivity index (χ4v) is 4.20. The van der Waals surface area contributed by atoms with E-state index in [9.17, 15) is 4.79 Å². The van der Waals surface area contributed by atoms with E-state index < -0.39 is 0 Å². The number of carbonyl (C=O) groups excluding carboxylic acids is 1. The molecule has 1 N–H and O–H groups in total. The Morgan fingerprint density at radius 3 is 2.33 bits per heavy atom. The van der Waals surface area contributed by atoms with Crippen molar-refractivity contribution in [3.8, 4) is 11.3 Å². The topological polar surface area (TPSA) is 59.3 Å². The van der Waals surface area contributed by atoms with Crippen LogP contribution in [0.4, 0.5) is 5.69 Å². The number of amides is 1. The van der Waals surface area contributed by atoms with E-state index in [4.69, 9.17) is 21.7 Å². The first kappa shape index (κ1) is 19.5. The average Bonchev–Trinajstić information content (AvgIpc) is 3.22. The van der Waals surface area contributed by atoms with Crippen LogP contribution in [0.5, 0.6) is 0 Å². The smallest absolute Gasteiger partial charge is 0.255 e. The summed E-state index contributed by atoms with van der Waals surface area (Å²) in [5, 5.41) is 10.6. The lowest BCUT2D eigenvalue weighted by atomic mass is 10.1. The van der Waals surface area contributed by atoms with Gasteiger partial charge >= 0.3 is 0 Å². The number of hydrogen-bond acceptors (Lipinski definition) is 3. The Hall–Kier alpha value is -4.22. The van der Waals surface area contributed by atoms with Crippen LogP contribution in [0.1, 0.15) is 10.4 Å². The zero-order valence-electron chi connectivity index (χ0n) is 17.4. The van der Waals surface area contributed by atoms with Gasteiger partial charge in [-0.05, 0) is 42.5 Å². The summed E-state index contributed by atoms with van der Waals surface area (Å²) in [6, 6.07) is 30.6. The molecule has 0 spiro atoms. The lowest BCUT2D eigenvalue weighted by molar-refractivity contribution is 0.102. The Bertz CT molecular complexity index is 1660. The molecular weight excluding hydrogens is 432 g/mol. The van der Waals surface area contributed by atoms with Crippen molar-refractivity contribution in [3.05, 3.63) is 108 Å². The van der Waals surface area contributed by atoms with Crippen molar-refractivity contribution in [2.24, 2.45) is 0 Å². The Morgan fingerprint density at radius 1 is 0.818 bits per heavy atom. The Labute approximate surface area is 194 Å². The standard InChI is InChI=1S/C27H17ClN4O/c28-19-12-10-17(11-13-19)25-21-8-4-5-9-22(21)26-30-23-16-20(14-15-24(23)32(26)31-25)29-27(33)18-6-2-1-3-7-18/h1-16H,(H,29,33). The number of rotatable bonds is 3. The molecule has 5 nitrogen and oxygen atoms in total. The fourth-order valence-electron chi connectivity index (χ4n) is 4.07. The van der Waals surface area contributed by atoms with Crippen molar-refractivity contribution < 1.29 is 4.79 Å². The minimum Gasteiger partial charge on any atom is -0.322 e. The molecule has 0 saturated carbocycles. The first-order valence-corrected chi connectivity index (χ1v) is 10.9. The van der Waals surface area contributed by atoms with Gasteiger partial charge in [0, 0.05) is 32.6 Å². The zero-order chi connectivity index (χ0) is 22.4. The van der Waals surface area contributed by atoms with Gasteiger partial charge in [-0.1, -0.05) is 66.2 Å². The van der Waals surface area contributed by atoms with Crippen molar-refractivity contribution >= 4 is 50.6 Å². The molecule has 1 amide bonds. The molecule has 0 radical (unpaired) electrons. The third-order valence-corrected chi connectivity index (χ3v) is 5.92. The van der Waals surface area contributed by atoms with E-state index in [1.807, 2.05) is 77.3 Å². The molecular formula is C27H17ClN4O. The fraction of sp³-hybridized carbons (Fsp3) is 0. The lowest BCUT2D eigenvalue weighted by Gasteiger charge is -2.08. The molecule has 0 saturated heterocycles. The van der Waals surface area contributed by atoms with Crippen LogP contribution in [-0.2, 0) is 0 Å². The minimum absolute atomic E-state index is 0.160. The van der Waals surface area contributed by atoms with Crippen LogP contribution in [0.3, 0.4) is 0 Å². The first-order valence-electron chi connectivity index (χ1n) is 10.5. The second kappa shape index (κ2) is 7.73. The van der Waals surface area contributed by atoms with Gasteiger partial charge in [0.1, 0.15) is 0 Å². The molecule has 158 valence electrons. The number of aromatic nitrogens is 3. The summed E-state index contributed by atoms with van der Waals surface area (Å²) in [6.07, 6.45) is 0. The van der Waals surface area contributed by atoms with Gasteiger partial charge in [0.25, 0.3) is 5.91 Å². The Morgan fingerprint density at radius 2 is 1.55 bits per heavy atom. The predicted octanol–water partition coefficient (Wildman–Crippen LogP) is 6.61. The Balaban J connectivity index is 1.51. The molecule has 2 aromatic heterocycles. The van der Waals surface area contributed by atoms with E-state index in [0.717, 1.165) is 38.7 Å². The number of halogens is 1. The van der Waals surface area contributed by atoms with E-state index in [1.54, 1.807) is 12.1 Å². The summed E-state index contributed by atoms with van der Waals surface area (Å²) in [5.41, 5.74) is 5.51. The van der Waals surface area contributed by atoms with Gasteiger partial charge in [-0.25, -0.2) is 9.50 Å². The third-order valence-electron chi connectivity index (χ3n) is 5.67. The van der Waals surface area contributed by atoms with Crippen LogP contribution in [0.2, 0.25) is 5.02 Å². The van der Waals surface area contributed by atoms with Crippen LogP contribution >= 0.6 is 11.6 Å². The SMILES string of the molecule is O=C(Nc1ccc2c(c1)nc1c3ccccc3c(-c3ccc(Cl)cc3)nn21)c1ccccc1. The summed E-state index contributed by atoms with van der Waals surface area (Å²) in [5.74, 6) is -0.160. The highest BCUT2D eigenvalue weighted by Gasteiger charge is 2.15. The summed E-state index contributed by atoms with van der Waals surface area (Å²) in [6.45, 7) is 0. The van der Waals surface area contributed by atoms with Crippen LogP contribution in [0.25, 0.3) is 38.7 Å². The third kappa shape index (κ3) is 3.39. The van der Waals surface area contributed by atoms with E-state index in [2.05, 4.69) is 17.4 Å². The first-order chi connectivity index (χ1) is 16.2. The summed E-state index contributed by atoms with van der Waals surface area (Å²) >= 11 is 6.10. The second-order valence-corrected chi connectivity index (χ2v) is 8.21. The highest BCUT2D eigenvalue weighted by Crippen LogP contribution is 2.32. The van der Waals surface area contributed by atoms with Gasteiger partial charge in [0.2, 0.25) is 0 Å². The number of nitrogens with one attached hydrogen (secondary N) is 1. The zero-order valence-corrected chi connectivity index (χ0v) is 18.1. The van der Waals surface area contributed by atoms with Crippen molar-refractivity contribution in [2.75, 3.05) is 5.32 Å². The molecule has 0 aliphatic rings. The maximum absolute atomic E-state index is 12.6. The molecule has 0 fully saturated rings. The molecule has 0 aliphatic heterocycles. The number of carbonyl (C=O) groups is 1. The summed E-state index contributed by atoms with van der Waals surface area (Å²) in [4.78, 5) is 17.4. The lowest BCUT2D eigenvalue weighted by Crippen LogP contribution is -2.11. The van der Waals surface area contributed by atoms with Gasteiger partial charge in [0.15, 0.2) is 5.65 Å². The van der Waals surface area contributed by atoms with E-state index in [0.29, 0.717) is 16.3 Å². The van der Waals surface area contributed by atoms with Crippen molar-refractivity contribution in [1.82, 2.24) is 14.6 Å². The van der Waals surface area contributed by atoms with Gasteiger partial charge < -0.3 is 5.32 Å². The molecule has 6 aromatic rings. The van der Waals surface area contributed by atoms with Crippen molar-refractivity contribution in [1.29, 1.82) is 0 Å². The van der Waals surface area contributed by atoms with E-state index >= 15 is 0 Å². The maximum Gasteiger partial charge on any atom is 0.255 e.